The van der Waals surface area contributed by atoms with Crippen LogP contribution < -0.4 is 10.7 Å². The number of nitrogens with one attached hydrogen (secondary N) is 1. The fourth-order valence-electron chi connectivity index (χ4n) is 2.32. The minimum Gasteiger partial charge on any atom is -0.360 e. The predicted octanol–water partition coefficient (Wildman–Crippen LogP) is 1.93. The maximum atomic E-state index is 12.6. The van der Waals surface area contributed by atoms with Gasteiger partial charge < -0.3 is 4.52 Å². The van der Waals surface area contributed by atoms with Crippen LogP contribution in [0.3, 0.4) is 0 Å². The highest BCUT2D eigenvalue weighted by Gasteiger charge is 2.23. The molecule has 120 valence electrons. The first-order valence-corrected chi connectivity index (χ1v) is 7.65. The van der Waals surface area contributed by atoms with Crippen molar-refractivity contribution < 1.29 is 14.3 Å². The molecule has 24 heavy (non-hydrogen) atoms. The average molecular weight is 341 g/mol. The van der Waals surface area contributed by atoms with Crippen molar-refractivity contribution in [1.82, 2.24) is 5.16 Å². The Bertz CT molecular complexity index is 900. The molecular weight excluding hydrogens is 326 g/mol. The molecule has 0 spiro atoms. The van der Waals surface area contributed by atoms with Crippen LogP contribution in [-0.2, 0) is 0 Å². The van der Waals surface area contributed by atoms with E-state index in [1.54, 1.807) is 31.2 Å². The summed E-state index contributed by atoms with van der Waals surface area (Å²) < 4.78 is 5.20. The van der Waals surface area contributed by atoms with Gasteiger partial charge in [-0.1, -0.05) is 47.1 Å². The molecule has 0 aliphatic rings. The van der Waals surface area contributed by atoms with E-state index in [2.05, 4.69) is 10.1 Å². The highest BCUT2D eigenvalue weighted by molar-refractivity contribution is 6.30. The number of amides is 1. The number of nitrogens with two attached hydrogens (primary N) is 1. The number of hydrogen-bond acceptors (Lipinski definition) is 3. The van der Waals surface area contributed by atoms with Crippen LogP contribution in [0.2, 0.25) is 5.02 Å². The zero-order chi connectivity index (χ0) is 17.1. The molecule has 1 aromatic heterocycles. The van der Waals surface area contributed by atoms with Gasteiger partial charge in [0.15, 0.2) is 0 Å². The van der Waals surface area contributed by atoms with Crippen LogP contribution in [0, 0.1) is 6.92 Å². The second-order valence-electron chi connectivity index (χ2n) is 5.20. The van der Waals surface area contributed by atoms with Gasteiger partial charge in [-0.2, -0.15) is 0 Å². The molecule has 0 saturated carbocycles. The van der Waals surface area contributed by atoms with Crippen LogP contribution in [0.25, 0.3) is 11.3 Å². The van der Waals surface area contributed by atoms with Gasteiger partial charge in [0.05, 0.1) is 5.56 Å². The summed E-state index contributed by atoms with van der Waals surface area (Å²) in [5.74, 6) is 0.284. The number of aryl methyl sites for hydroxylation is 1. The first-order chi connectivity index (χ1) is 11.6. The molecule has 0 fully saturated rings. The first kappa shape index (κ1) is 16.0. The highest BCUT2D eigenvalue weighted by Crippen LogP contribution is 2.24. The van der Waals surface area contributed by atoms with Gasteiger partial charge in [-0.25, -0.2) is 9.79 Å². The number of hydrogen-bond donors (Lipinski definition) is 2. The lowest BCUT2D eigenvalue weighted by Gasteiger charge is -1.99. The van der Waals surface area contributed by atoms with E-state index >= 15 is 0 Å². The minimum atomic E-state index is -0.375. The normalized spacial score (nSPS) is 11.5. The quantitative estimate of drug-likeness (QED) is 0.563. The molecule has 2 aromatic carbocycles. The molecule has 3 aromatic rings. The van der Waals surface area contributed by atoms with Crippen molar-refractivity contribution >= 4 is 23.3 Å². The third-order valence-corrected chi connectivity index (χ3v) is 3.79. The number of nitrogen functional groups attached to an aromatic ring is 1. The standard InChI is InChI=1S/C18H14ClN3O2/c1-11-15(16(22-24-11)12-5-3-2-4-6-12)18(23)21-17(20)13-7-9-14(19)10-8-13/h2-10H,1H3,(H2,20,21,23)/p+1. The van der Waals surface area contributed by atoms with Gasteiger partial charge in [0, 0.05) is 10.6 Å². The summed E-state index contributed by atoms with van der Waals surface area (Å²) in [7, 11) is 0. The van der Waals surface area contributed by atoms with E-state index in [4.69, 9.17) is 21.9 Å². The number of carbonyl (C=O) groups excluding carboxylic acids is 1. The molecular formula is C18H15ClN3O2+. The van der Waals surface area contributed by atoms with Gasteiger partial charge in [0.1, 0.15) is 17.0 Å². The molecule has 1 heterocycles. The lowest BCUT2D eigenvalue weighted by molar-refractivity contribution is -0.345. The maximum Gasteiger partial charge on any atom is 0.344 e. The summed E-state index contributed by atoms with van der Waals surface area (Å²) in [5, 5.41) is 4.59. The number of benzene rings is 2. The van der Waals surface area contributed by atoms with Crippen molar-refractivity contribution in [1.29, 1.82) is 0 Å². The van der Waals surface area contributed by atoms with Gasteiger partial charge in [-0.15, -0.1) is 0 Å². The van der Waals surface area contributed by atoms with E-state index in [9.17, 15) is 4.79 Å². The number of aromatic nitrogens is 1. The van der Waals surface area contributed by atoms with Crippen LogP contribution in [0.5, 0.6) is 0 Å². The van der Waals surface area contributed by atoms with E-state index < -0.39 is 0 Å². The number of carbonyl (C=O) groups is 1. The molecule has 3 N–H and O–H groups in total. The predicted molar refractivity (Wildman–Crippen MR) is 91.7 cm³/mol. The number of halogens is 1. The second kappa shape index (κ2) is 6.68. The largest absolute Gasteiger partial charge is 0.360 e. The Labute approximate surface area is 143 Å². The molecule has 5 nitrogen and oxygen atoms in total. The van der Waals surface area contributed by atoms with Crippen molar-refractivity contribution in [2.45, 2.75) is 6.92 Å². The molecule has 0 aliphatic heterocycles. The maximum absolute atomic E-state index is 12.6. The van der Waals surface area contributed by atoms with E-state index in [0.29, 0.717) is 27.6 Å². The highest BCUT2D eigenvalue weighted by atomic mass is 35.5. The van der Waals surface area contributed by atoms with E-state index in [1.165, 1.54) is 0 Å². The van der Waals surface area contributed by atoms with Crippen molar-refractivity contribution in [2.75, 3.05) is 0 Å². The van der Waals surface area contributed by atoms with E-state index in [0.717, 1.165) is 5.56 Å². The zero-order valence-corrected chi connectivity index (χ0v) is 13.7. The fourth-order valence-corrected chi connectivity index (χ4v) is 2.45. The Morgan fingerprint density at radius 3 is 2.46 bits per heavy atom. The Kier molecular flexibility index (Phi) is 4.44. The van der Waals surface area contributed by atoms with E-state index in [-0.39, 0.29) is 11.7 Å². The second-order valence-corrected chi connectivity index (χ2v) is 5.64. The smallest absolute Gasteiger partial charge is 0.344 e. The van der Waals surface area contributed by atoms with Crippen LogP contribution in [-0.4, -0.2) is 16.9 Å². The monoisotopic (exact) mass is 340 g/mol. The minimum absolute atomic E-state index is 0.233. The van der Waals surface area contributed by atoms with Gasteiger partial charge in [-0.05, 0) is 31.2 Å². The van der Waals surface area contributed by atoms with Crippen molar-refractivity contribution in [2.24, 2.45) is 5.73 Å². The van der Waals surface area contributed by atoms with Gasteiger partial charge in [-0.3, -0.25) is 5.73 Å². The summed E-state index contributed by atoms with van der Waals surface area (Å²) >= 11 is 5.85. The van der Waals surface area contributed by atoms with Crippen molar-refractivity contribution in [3.8, 4) is 11.3 Å². The Hall–Kier alpha value is -2.92. The van der Waals surface area contributed by atoms with Crippen LogP contribution in [0.1, 0.15) is 21.7 Å². The molecule has 6 heteroatoms. The number of amidine groups is 1. The zero-order valence-electron chi connectivity index (χ0n) is 12.9. The Balaban J connectivity index is 1.97. The summed E-state index contributed by atoms with van der Waals surface area (Å²) in [6.07, 6.45) is 0. The van der Waals surface area contributed by atoms with Gasteiger partial charge in [0.25, 0.3) is 5.84 Å². The Morgan fingerprint density at radius 2 is 1.79 bits per heavy atom. The molecule has 0 radical (unpaired) electrons. The van der Waals surface area contributed by atoms with Crippen LogP contribution >= 0.6 is 11.6 Å². The molecule has 0 bridgehead atoms. The van der Waals surface area contributed by atoms with Crippen molar-refractivity contribution in [3.63, 3.8) is 0 Å². The summed E-state index contributed by atoms with van der Waals surface area (Å²) in [4.78, 5) is 15.3. The van der Waals surface area contributed by atoms with Crippen molar-refractivity contribution in [3.05, 3.63) is 76.5 Å². The van der Waals surface area contributed by atoms with Gasteiger partial charge >= 0.3 is 5.91 Å². The Morgan fingerprint density at radius 1 is 1.12 bits per heavy atom. The molecule has 0 atom stereocenters. The summed E-state index contributed by atoms with van der Waals surface area (Å²) in [5.41, 5.74) is 8.29. The fraction of sp³-hybridized carbons (Fsp3) is 0.0556. The topological polar surface area (TPSA) is 83.1 Å². The lowest BCUT2D eigenvalue weighted by atomic mass is 10.1. The molecule has 1 amide bonds. The molecule has 0 saturated heterocycles. The SMILES string of the molecule is Cc1onc(-c2ccccc2)c1C(=O)[NH+]=C(N)c1ccc(Cl)cc1. The summed E-state index contributed by atoms with van der Waals surface area (Å²) in [6, 6.07) is 16.2. The summed E-state index contributed by atoms with van der Waals surface area (Å²) in [6.45, 7) is 1.69. The lowest BCUT2D eigenvalue weighted by Crippen LogP contribution is -2.79. The average Bonchev–Trinajstić information content (AvgIpc) is 2.98. The molecule has 0 aliphatic carbocycles. The van der Waals surface area contributed by atoms with E-state index in [1.807, 2.05) is 30.3 Å². The van der Waals surface area contributed by atoms with Crippen LogP contribution in [0.4, 0.5) is 0 Å². The number of nitrogens with zero attached hydrogens (tertiary/aromatic N) is 1. The first-order valence-electron chi connectivity index (χ1n) is 7.27. The third-order valence-electron chi connectivity index (χ3n) is 3.54. The third kappa shape index (κ3) is 3.21. The van der Waals surface area contributed by atoms with Crippen LogP contribution in [0.15, 0.2) is 59.1 Å². The molecule has 3 rings (SSSR count). The number of rotatable bonds is 3. The van der Waals surface area contributed by atoms with Gasteiger partial charge in [0.2, 0.25) is 0 Å². The molecule has 0 unspecified atom stereocenters.